The third kappa shape index (κ3) is 4.36. The molecule has 1 N–H and O–H groups in total. The van der Waals surface area contributed by atoms with Gasteiger partial charge in [0.2, 0.25) is 5.91 Å². The van der Waals surface area contributed by atoms with Gasteiger partial charge >= 0.3 is 0 Å². The van der Waals surface area contributed by atoms with Gasteiger partial charge in [0.1, 0.15) is 0 Å². The minimum Gasteiger partial charge on any atom is -0.329 e. The Hall–Kier alpha value is -1.75. The average molecular weight is 303 g/mol. The number of anilines is 1. The van der Waals surface area contributed by atoms with E-state index in [-0.39, 0.29) is 11.8 Å². The van der Waals surface area contributed by atoms with Crippen LogP contribution in [0.15, 0.2) is 46.7 Å². The molecule has 2 aromatic rings. The minimum atomic E-state index is 0.0524. The number of rotatable bonds is 6. The zero-order valence-corrected chi connectivity index (χ0v) is 13.5. The molecule has 0 saturated carbocycles. The van der Waals surface area contributed by atoms with Gasteiger partial charge in [-0.1, -0.05) is 32.0 Å². The first-order chi connectivity index (χ1) is 10.1. The highest BCUT2D eigenvalue weighted by Crippen LogP contribution is 2.26. The Morgan fingerprint density at radius 1 is 1.38 bits per heavy atom. The van der Waals surface area contributed by atoms with E-state index >= 15 is 0 Å². The van der Waals surface area contributed by atoms with Crippen LogP contribution in [0.25, 0.3) is 0 Å². The Balaban J connectivity index is 1.96. The van der Waals surface area contributed by atoms with Gasteiger partial charge in [-0.2, -0.15) is 0 Å². The second kappa shape index (κ2) is 7.31. The molecule has 0 aliphatic carbocycles. The van der Waals surface area contributed by atoms with E-state index in [1.165, 1.54) is 0 Å². The summed E-state index contributed by atoms with van der Waals surface area (Å²) in [5, 5.41) is 3.90. The summed E-state index contributed by atoms with van der Waals surface area (Å²) in [5.74, 6) is 0.137. The van der Waals surface area contributed by atoms with Crippen LogP contribution < -0.4 is 5.32 Å². The largest absolute Gasteiger partial charge is 0.329 e. The molecule has 0 aliphatic rings. The van der Waals surface area contributed by atoms with E-state index in [1.807, 2.05) is 49.0 Å². The van der Waals surface area contributed by atoms with Crippen LogP contribution in [0.5, 0.6) is 0 Å². The van der Waals surface area contributed by atoms with E-state index in [1.54, 1.807) is 18.0 Å². The predicted octanol–water partition coefficient (Wildman–Crippen LogP) is 3.95. The number of nitrogens with zero attached hydrogens (tertiary/aromatic N) is 2. The molecule has 5 heteroatoms. The van der Waals surface area contributed by atoms with Crippen molar-refractivity contribution < 1.29 is 4.79 Å². The first kappa shape index (κ1) is 15.6. The van der Waals surface area contributed by atoms with Gasteiger partial charge < -0.3 is 9.88 Å². The van der Waals surface area contributed by atoms with E-state index in [9.17, 15) is 4.79 Å². The zero-order chi connectivity index (χ0) is 15.2. The summed E-state index contributed by atoms with van der Waals surface area (Å²) in [5.41, 5.74) is 0.840. The Labute approximate surface area is 130 Å². The lowest BCUT2D eigenvalue weighted by Crippen LogP contribution is -2.20. The van der Waals surface area contributed by atoms with Gasteiger partial charge in [0.25, 0.3) is 0 Å². The lowest BCUT2D eigenvalue weighted by Gasteiger charge is -2.11. The molecular formula is C16H21N3OS. The van der Waals surface area contributed by atoms with Crippen molar-refractivity contribution in [1.82, 2.24) is 9.55 Å². The number of aryl methyl sites for hydroxylation is 1. The van der Waals surface area contributed by atoms with Crippen LogP contribution in [0.3, 0.4) is 0 Å². The predicted molar refractivity (Wildman–Crippen MR) is 86.5 cm³/mol. The summed E-state index contributed by atoms with van der Waals surface area (Å²) >= 11 is 1.60. The SMILES string of the molecule is CCCC(C)C(=O)Nc1ccc(Sc2nccn2C)cc1. The van der Waals surface area contributed by atoms with Crippen molar-refractivity contribution in [1.29, 1.82) is 0 Å². The number of amides is 1. The van der Waals surface area contributed by atoms with E-state index in [0.29, 0.717) is 0 Å². The van der Waals surface area contributed by atoms with Crippen molar-refractivity contribution in [2.24, 2.45) is 13.0 Å². The highest BCUT2D eigenvalue weighted by Gasteiger charge is 2.11. The first-order valence-electron chi connectivity index (χ1n) is 7.16. The van der Waals surface area contributed by atoms with Crippen molar-refractivity contribution in [2.45, 2.75) is 36.7 Å². The molecule has 21 heavy (non-hydrogen) atoms. The van der Waals surface area contributed by atoms with Gasteiger partial charge in [0.05, 0.1) is 0 Å². The van der Waals surface area contributed by atoms with Gasteiger partial charge in [-0.25, -0.2) is 4.98 Å². The smallest absolute Gasteiger partial charge is 0.227 e. The molecule has 0 saturated heterocycles. The van der Waals surface area contributed by atoms with Crippen LogP contribution in [0.1, 0.15) is 26.7 Å². The number of carbonyl (C=O) groups is 1. The van der Waals surface area contributed by atoms with Gasteiger partial charge in [-0.3, -0.25) is 4.79 Å². The summed E-state index contributed by atoms with van der Waals surface area (Å²) in [7, 11) is 1.97. The van der Waals surface area contributed by atoms with Crippen LogP contribution in [-0.4, -0.2) is 15.5 Å². The van der Waals surface area contributed by atoms with Crippen molar-refractivity contribution in [3.63, 3.8) is 0 Å². The zero-order valence-electron chi connectivity index (χ0n) is 12.7. The fourth-order valence-electron chi connectivity index (χ4n) is 1.99. The maximum absolute atomic E-state index is 12.0. The lowest BCUT2D eigenvalue weighted by molar-refractivity contribution is -0.119. The molecule has 1 heterocycles. The standard InChI is InChI=1S/C16H21N3OS/c1-4-5-12(2)15(20)18-13-6-8-14(9-7-13)21-16-17-10-11-19(16)3/h6-12H,4-5H2,1-3H3,(H,18,20). The summed E-state index contributed by atoms with van der Waals surface area (Å²) < 4.78 is 1.98. The highest BCUT2D eigenvalue weighted by atomic mass is 32.2. The van der Waals surface area contributed by atoms with Crippen molar-refractivity contribution in [2.75, 3.05) is 5.32 Å². The second-order valence-electron chi connectivity index (χ2n) is 5.13. The molecule has 112 valence electrons. The third-order valence-corrected chi connectivity index (χ3v) is 4.36. The molecule has 1 unspecified atom stereocenters. The lowest BCUT2D eigenvalue weighted by atomic mass is 10.1. The molecule has 2 rings (SSSR count). The maximum Gasteiger partial charge on any atom is 0.227 e. The van der Waals surface area contributed by atoms with Gasteiger partial charge in [-0.15, -0.1) is 0 Å². The van der Waals surface area contributed by atoms with Gasteiger partial charge in [0, 0.05) is 35.9 Å². The van der Waals surface area contributed by atoms with E-state index in [2.05, 4.69) is 17.2 Å². The quantitative estimate of drug-likeness (QED) is 0.879. The third-order valence-electron chi connectivity index (χ3n) is 3.28. The first-order valence-corrected chi connectivity index (χ1v) is 7.98. The topological polar surface area (TPSA) is 46.9 Å². The summed E-state index contributed by atoms with van der Waals surface area (Å²) in [6.07, 6.45) is 5.64. The Bertz CT molecular complexity index is 592. The normalized spacial score (nSPS) is 12.1. The summed E-state index contributed by atoms with van der Waals surface area (Å²) in [4.78, 5) is 17.3. The number of benzene rings is 1. The molecule has 0 bridgehead atoms. The maximum atomic E-state index is 12.0. The van der Waals surface area contributed by atoms with Crippen molar-refractivity contribution in [3.8, 4) is 0 Å². The van der Waals surface area contributed by atoms with E-state index in [4.69, 9.17) is 0 Å². The van der Waals surface area contributed by atoms with Crippen LogP contribution in [0.4, 0.5) is 5.69 Å². The van der Waals surface area contributed by atoms with Crippen LogP contribution in [0.2, 0.25) is 0 Å². The number of hydrogen-bond acceptors (Lipinski definition) is 3. The fraction of sp³-hybridized carbons (Fsp3) is 0.375. The summed E-state index contributed by atoms with van der Waals surface area (Å²) in [6, 6.07) is 7.86. The Morgan fingerprint density at radius 3 is 2.67 bits per heavy atom. The van der Waals surface area contributed by atoms with E-state index in [0.717, 1.165) is 28.6 Å². The molecule has 1 amide bonds. The molecule has 4 nitrogen and oxygen atoms in total. The van der Waals surface area contributed by atoms with Crippen molar-refractivity contribution in [3.05, 3.63) is 36.7 Å². The molecule has 1 aromatic heterocycles. The van der Waals surface area contributed by atoms with Crippen LogP contribution in [0, 0.1) is 5.92 Å². The fourth-order valence-corrected chi connectivity index (χ4v) is 2.79. The molecule has 0 fully saturated rings. The van der Waals surface area contributed by atoms with Crippen molar-refractivity contribution >= 4 is 23.4 Å². The van der Waals surface area contributed by atoms with Gasteiger partial charge in [-0.05, 0) is 30.7 Å². The Morgan fingerprint density at radius 2 is 2.10 bits per heavy atom. The number of aromatic nitrogens is 2. The molecule has 0 radical (unpaired) electrons. The van der Waals surface area contributed by atoms with E-state index < -0.39 is 0 Å². The minimum absolute atomic E-state index is 0.0524. The van der Waals surface area contributed by atoms with Gasteiger partial charge in [0.15, 0.2) is 5.16 Å². The number of nitrogens with one attached hydrogen (secondary N) is 1. The second-order valence-corrected chi connectivity index (χ2v) is 6.17. The molecule has 0 aliphatic heterocycles. The monoisotopic (exact) mass is 303 g/mol. The molecular weight excluding hydrogens is 282 g/mol. The Kier molecular flexibility index (Phi) is 5.44. The molecule has 1 aromatic carbocycles. The van der Waals surface area contributed by atoms with Crippen LogP contribution >= 0.6 is 11.8 Å². The number of carbonyl (C=O) groups excluding carboxylic acids is 1. The average Bonchev–Trinajstić information content (AvgIpc) is 2.86. The highest BCUT2D eigenvalue weighted by molar-refractivity contribution is 7.99. The van der Waals surface area contributed by atoms with Crippen LogP contribution in [-0.2, 0) is 11.8 Å². The molecule has 1 atom stereocenters. The number of hydrogen-bond donors (Lipinski definition) is 1. The number of imidazole rings is 1. The molecule has 0 spiro atoms. The summed E-state index contributed by atoms with van der Waals surface area (Å²) in [6.45, 7) is 4.05.